The molecule has 8 heteroatoms. The molecule has 2 aromatic rings. The molecule has 2 heterocycles. The maximum absolute atomic E-state index is 10.5. The molecular weight excluding hydrogens is 413 g/mol. The molecule has 0 aliphatic heterocycles. The van der Waals surface area contributed by atoms with Crippen molar-refractivity contribution in [3.63, 3.8) is 0 Å². The van der Waals surface area contributed by atoms with Gasteiger partial charge in [-0.3, -0.25) is 5.10 Å². The highest BCUT2D eigenvalue weighted by molar-refractivity contribution is 14.0. The highest BCUT2D eigenvalue weighted by atomic mass is 127. The van der Waals surface area contributed by atoms with Gasteiger partial charge in [0.1, 0.15) is 5.60 Å². The fourth-order valence-corrected chi connectivity index (χ4v) is 2.59. The minimum Gasteiger partial charge on any atom is -0.384 e. The number of aromatic amines is 1. The zero-order chi connectivity index (χ0) is 15.1. The average molecular weight is 435 g/mol. The lowest BCUT2D eigenvalue weighted by Gasteiger charge is -2.24. The number of guanidine groups is 1. The van der Waals surface area contributed by atoms with Crippen LogP contribution in [0, 0.1) is 0 Å². The third kappa shape index (κ3) is 5.58. The van der Waals surface area contributed by atoms with Gasteiger partial charge in [0.05, 0.1) is 18.8 Å². The molecule has 0 aromatic carbocycles. The molecule has 1 atom stereocenters. The smallest absolute Gasteiger partial charge is 0.191 e. The second-order valence-electron chi connectivity index (χ2n) is 4.92. The van der Waals surface area contributed by atoms with Crippen molar-refractivity contribution in [1.29, 1.82) is 0 Å². The molecule has 0 aliphatic carbocycles. The van der Waals surface area contributed by atoms with Crippen molar-refractivity contribution in [2.75, 3.05) is 13.1 Å². The maximum atomic E-state index is 10.5. The Morgan fingerprint density at radius 1 is 1.45 bits per heavy atom. The van der Waals surface area contributed by atoms with E-state index in [1.807, 2.05) is 29.8 Å². The first-order chi connectivity index (χ1) is 10.1. The zero-order valence-electron chi connectivity index (χ0n) is 12.7. The molecule has 0 fully saturated rings. The van der Waals surface area contributed by atoms with Crippen molar-refractivity contribution in [3.8, 4) is 0 Å². The molecule has 0 saturated heterocycles. The maximum Gasteiger partial charge on any atom is 0.191 e. The highest BCUT2D eigenvalue weighted by Crippen LogP contribution is 2.21. The van der Waals surface area contributed by atoms with E-state index in [4.69, 9.17) is 0 Å². The normalized spacial score (nSPS) is 14.0. The number of hydrogen-bond acceptors (Lipinski definition) is 4. The van der Waals surface area contributed by atoms with Crippen molar-refractivity contribution in [2.24, 2.45) is 4.99 Å². The van der Waals surface area contributed by atoms with E-state index < -0.39 is 5.60 Å². The number of aliphatic hydroxyl groups is 1. The topological polar surface area (TPSA) is 85.3 Å². The summed E-state index contributed by atoms with van der Waals surface area (Å²) in [6, 6.07) is 3.82. The summed E-state index contributed by atoms with van der Waals surface area (Å²) in [6.45, 7) is 5.45. The minimum atomic E-state index is -0.926. The summed E-state index contributed by atoms with van der Waals surface area (Å²) in [4.78, 5) is 4.45. The molecule has 122 valence electrons. The molecule has 6 nitrogen and oxygen atoms in total. The lowest BCUT2D eigenvalue weighted by atomic mass is 9.99. The number of halogens is 1. The van der Waals surface area contributed by atoms with E-state index in [9.17, 15) is 5.11 Å². The molecule has 0 radical (unpaired) electrons. The summed E-state index contributed by atoms with van der Waals surface area (Å²) < 4.78 is 0. The van der Waals surface area contributed by atoms with Gasteiger partial charge >= 0.3 is 0 Å². The van der Waals surface area contributed by atoms with E-state index in [0.29, 0.717) is 19.0 Å². The molecule has 0 saturated carbocycles. The van der Waals surface area contributed by atoms with E-state index in [0.717, 1.165) is 17.8 Å². The van der Waals surface area contributed by atoms with Gasteiger partial charge in [0.15, 0.2) is 5.96 Å². The minimum absolute atomic E-state index is 0. The summed E-state index contributed by atoms with van der Waals surface area (Å²) in [5.74, 6) is 0.669. The van der Waals surface area contributed by atoms with Gasteiger partial charge in [-0.2, -0.15) is 16.4 Å². The molecule has 1 unspecified atom stereocenters. The second-order valence-corrected chi connectivity index (χ2v) is 5.70. The lowest BCUT2D eigenvalue weighted by Crippen LogP contribution is -2.44. The Labute approximate surface area is 151 Å². The number of rotatable bonds is 6. The molecule has 2 rings (SSSR count). The number of hydrogen-bond donors (Lipinski definition) is 4. The Morgan fingerprint density at radius 2 is 2.27 bits per heavy atom. The van der Waals surface area contributed by atoms with Crippen LogP contribution in [0.15, 0.2) is 34.1 Å². The molecule has 0 bridgehead atoms. The number of thiophene rings is 1. The summed E-state index contributed by atoms with van der Waals surface area (Å²) in [5.41, 5.74) is 0.922. The Kier molecular flexibility index (Phi) is 7.83. The van der Waals surface area contributed by atoms with E-state index in [1.165, 1.54) is 0 Å². The Balaban J connectivity index is 0.00000242. The van der Waals surface area contributed by atoms with Crippen LogP contribution in [0.4, 0.5) is 0 Å². The van der Waals surface area contributed by atoms with Gasteiger partial charge in [0.25, 0.3) is 0 Å². The van der Waals surface area contributed by atoms with E-state index in [1.54, 1.807) is 24.5 Å². The van der Waals surface area contributed by atoms with E-state index in [2.05, 4.69) is 25.8 Å². The molecule has 0 aliphatic rings. The molecule has 0 spiro atoms. The van der Waals surface area contributed by atoms with Crippen molar-refractivity contribution >= 4 is 41.3 Å². The summed E-state index contributed by atoms with van der Waals surface area (Å²) >= 11 is 1.57. The molecule has 0 amide bonds. The van der Waals surface area contributed by atoms with Crippen molar-refractivity contribution in [3.05, 3.63) is 40.3 Å². The van der Waals surface area contributed by atoms with Crippen molar-refractivity contribution in [2.45, 2.75) is 26.0 Å². The van der Waals surface area contributed by atoms with Crippen LogP contribution in [0.2, 0.25) is 0 Å². The van der Waals surface area contributed by atoms with Crippen LogP contribution < -0.4 is 10.6 Å². The number of nitrogens with one attached hydrogen (secondary N) is 3. The van der Waals surface area contributed by atoms with Crippen LogP contribution >= 0.6 is 35.3 Å². The van der Waals surface area contributed by atoms with Gasteiger partial charge in [-0.05, 0) is 42.3 Å². The molecular formula is C14H22IN5OS. The van der Waals surface area contributed by atoms with Crippen molar-refractivity contribution < 1.29 is 5.11 Å². The largest absolute Gasteiger partial charge is 0.384 e. The van der Waals surface area contributed by atoms with Gasteiger partial charge in [0.2, 0.25) is 0 Å². The third-order valence-electron chi connectivity index (χ3n) is 3.05. The van der Waals surface area contributed by atoms with E-state index in [-0.39, 0.29) is 24.0 Å². The fourth-order valence-electron chi connectivity index (χ4n) is 1.81. The summed E-state index contributed by atoms with van der Waals surface area (Å²) in [5, 5.41) is 27.5. The fraction of sp³-hybridized carbons (Fsp3) is 0.429. The number of aromatic nitrogens is 2. The predicted molar refractivity (Wildman–Crippen MR) is 101 cm³/mol. The highest BCUT2D eigenvalue weighted by Gasteiger charge is 2.23. The predicted octanol–water partition coefficient (Wildman–Crippen LogP) is 2.05. The third-order valence-corrected chi connectivity index (χ3v) is 3.74. The standard InChI is InChI=1S/C14H21N5OS.HI/c1-3-15-13(16-8-12-4-6-18-19-12)17-10-14(2,20)11-5-7-21-9-11;/h4-7,9,20H,3,8,10H2,1-2H3,(H,18,19)(H2,15,16,17);1H. The van der Waals surface area contributed by atoms with Gasteiger partial charge in [-0.15, -0.1) is 24.0 Å². The van der Waals surface area contributed by atoms with Gasteiger partial charge in [-0.25, -0.2) is 4.99 Å². The van der Waals surface area contributed by atoms with Gasteiger partial charge in [-0.1, -0.05) is 0 Å². The lowest BCUT2D eigenvalue weighted by molar-refractivity contribution is 0.0621. The summed E-state index contributed by atoms with van der Waals surface area (Å²) in [6.07, 6.45) is 1.70. The zero-order valence-corrected chi connectivity index (χ0v) is 15.8. The van der Waals surface area contributed by atoms with Gasteiger partial charge in [0, 0.05) is 12.7 Å². The average Bonchev–Trinajstić information content (AvgIpc) is 3.14. The van der Waals surface area contributed by atoms with Gasteiger partial charge < -0.3 is 15.7 Å². The van der Waals surface area contributed by atoms with Crippen LogP contribution in [0.1, 0.15) is 25.1 Å². The molecule has 22 heavy (non-hydrogen) atoms. The quantitative estimate of drug-likeness (QED) is 0.318. The first kappa shape index (κ1) is 18.9. The Bertz CT molecular complexity index is 554. The van der Waals surface area contributed by atoms with Crippen LogP contribution in [-0.2, 0) is 12.1 Å². The van der Waals surface area contributed by atoms with Crippen LogP contribution in [0.3, 0.4) is 0 Å². The van der Waals surface area contributed by atoms with Crippen LogP contribution in [0.5, 0.6) is 0 Å². The molecule has 4 N–H and O–H groups in total. The number of aliphatic imine (C=N–C) groups is 1. The monoisotopic (exact) mass is 435 g/mol. The number of nitrogens with zero attached hydrogens (tertiary/aromatic N) is 2. The van der Waals surface area contributed by atoms with Crippen molar-refractivity contribution in [1.82, 2.24) is 20.8 Å². The first-order valence-electron chi connectivity index (χ1n) is 6.87. The molecule has 2 aromatic heterocycles. The van der Waals surface area contributed by atoms with E-state index >= 15 is 0 Å². The number of H-pyrrole nitrogens is 1. The Morgan fingerprint density at radius 3 is 2.86 bits per heavy atom. The first-order valence-corrected chi connectivity index (χ1v) is 7.81. The SMILES string of the molecule is CCNC(=NCc1ccn[nH]1)NCC(C)(O)c1ccsc1.I. The van der Waals surface area contributed by atoms with Crippen LogP contribution in [-0.4, -0.2) is 34.4 Å². The second kappa shape index (κ2) is 9.11. The van der Waals surface area contributed by atoms with Crippen LogP contribution in [0.25, 0.3) is 0 Å². The Hall–Kier alpha value is -1.13. The summed E-state index contributed by atoms with van der Waals surface area (Å²) in [7, 11) is 0.